The molecule has 1 N–H and O–H groups in total. The quantitative estimate of drug-likeness (QED) is 0.782. The monoisotopic (exact) mass is 318 g/mol. The molecule has 0 aromatic heterocycles. The molecular formula is C20H30O3. The van der Waals surface area contributed by atoms with Crippen molar-refractivity contribution >= 4 is 6.29 Å². The summed E-state index contributed by atoms with van der Waals surface area (Å²) in [4.78, 5) is 11.7. The average molecular weight is 318 g/mol. The summed E-state index contributed by atoms with van der Waals surface area (Å²) in [6.07, 6.45) is 7.79. The van der Waals surface area contributed by atoms with Crippen LogP contribution in [0.3, 0.4) is 0 Å². The van der Waals surface area contributed by atoms with Gasteiger partial charge in [0, 0.05) is 12.0 Å². The van der Waals surface area contributed by atoms with Crippen molar-refractivity contribution < 1.29 is 14.6 Å². The van der Waals surface area contributed by atoms with Gasteiger partial charge in [0.15, 0.2) is 6.29 Å². The van der Waals surface area contributed by atoms with Crippen LogP contribution in [0.5, 0.6) is 0 Å². The molecule has 3 aliphatic rings. The number of aliphatic hydroxyl groups is 1. The molecule has 5 unspecified atom stereocenters. The Hall–Kier alpha value is -0.930. The van der Waals surface area contributed by atoms with Crippen LogP contribution in [-0.2, 0) is 9.53 Å². The van der Waals surface area contributed by atoms with E-state index in [1.807, 2.05) is 0 Å². The molecule has 5 atom stereocenters. The van der Waals surface area contributed by atoms with Crippen LogP contribution in [0, 0.1) is 22.7 Å². The second-order valence-electron chi connectivity index (χ2n) is 8.60. The smallest absolute Gasteiger partial charge is 0.155 e. The van der Waals surface area contributed by atoms with E-state index in [1.54, 1.807) is 6.08 Å². The van der Waals surface area contributed by atoms with E-state index >= 15 is 0 Å². The molecule has 3 rings (SSSR count). The highest BCUT2D eigenvalue weighted by molar-refractivity contribution is 5.77. The number of hydrogen-bond donors (Lipinski definition) is 1. The summed E-state index contributed by atoms with van der Waals surface area (Å²) >= 11 is 0. The van der Waals surface area contributed by atoms with Crippen molar-refractivity contribution in [2.45, 2.75) is 71.7 Å². The predicted molar refractivity (Wildman–Crippen MR) is 90.7 cm³/mol. The lowest BCUT2D eigenvalue weighted by Crippen LogP contribution is -2.49. The second-order valence-corrected chi connectivity index (χ2v) is 8.60. The van der Waals surface area contributed by atoms with E-state index in [4.69, 9.17) is 4.74 Å². The first-order chi connectivity index (χ1) is 10.8. The van der Waals surface area contributed by atoms with Crippen LogP contribution in [0.25, 0.3) is 0 Å². The lowest BCUT2D eigenvalue weighted by atomic mass is 9.49. The number of aliphatic hydroxyl groups excluding tert-OH is 1. The summed E-state index contributed by atoms with van der Waals surface area (Å²) in [5, 5.41) is 10.5. The van der Waals surface area contributed by atoms with Gasteiger partial charge in [-0.25, -0.2) is 0 Å². The van der Waals surface area contributed by atoms with Crippen molar-refractivity contribution in [1.82, 2.24) is 0 Å². The fraction of sp³-hybridized carbons (Fsp3) is 0.750. The molecule has 2 fully saturated rings. The zero-order chi connectivity index (χ0) is 16.8. The first-order valence-corrected chi connectivity index (χ1v) is 8.97. The van der Waals surface area contributed by atoms with Gasteiger partial charge < -0.3 is 9.84 Å². The molecule has 1 saturated carbocycles. The van der Waals surface area contributed by atoms with E-state index in [9.17, 15) is 9.90 Å². The fourth-order valence-electron chi connectivity index (χ4n) is 5.84. The highest BCUT2D eigenvalue weighted by Gasteiger charge is 2.56. The third-order valence-electron chi connectivity index (χ3n) is 7.00. The minimum absolute atomic E-state index is 0.116. The summed E-state index contributed by atoms with van der Waals surface area (Å²) in [6.45, 7) is 10.9. The summed E-state index contributed by atoms with van der Waals surface area (Å²) < 4.78 is 6.02. The highest BCUT2D eigenvalue weighted by Crippen LogP contribution is 2.61. The average Bonchev–Trinajstić information content (AvgIpc) is 2.61. The minimum atomic E-state index is -0.786. The van der Waals surface area contributed by atoms with Gasteiger partial charge in [0.1, 0.15) is 6.29 Å². The molecule has 0 spiro atoms. The Bertz CT molecular complexity index is 533. The molecular weight excluding hydrogens is 288 g/mol. The fourth-order valence-corrected chi connectivity index (χ4v) is 5.84. The Kier molecular flexibility index (Phi) is 4.31. The van der Waals surface area contributed by atoms with Crippen LogP contribution in [-0.4, -0.2) is 23.8 Å². The lowest BCUT2D eigenvalue weighted by Gasteiger charge is -2.55. The third-order valence-corrected chi connectivity index (χ3v) is 7.00. The van der Waals surface area contributed by atoms with Crippen LogP contribution in [0.2, 0.25) is 0 Å². The number of allylic oxidation sites excluding steroid dienone is 2. The standard InChI is InChI=1S/C20H30O3/c1-5-13-7-8-15-18(14(13)12-21)23-17(22)11-16-19(2,3)9-6-10-20(15,16)4/h5,12,15-18,22H,1,6-11H2,2-4H3. The molecule has 1 aliphatic heterocycles. The van der Waals surface area contributed by atoms with Crippen molar-refractivity contribution in [3.05, 3.63) is 23.8 Å². The minimum Gasteiger partial charge on any atom is -0.368 e. The SMILES string of the molecule is C=CC1=C(C=O)C2OC(O)CC3C(C)(C)CCCC3(C)C2CC1. The van der Waals surface area contributed by atoms with Crippen LogP contribution < -0.4 is 0 Å². The van der Waals surface area contributed by atoms with E-state index < -0.39 is 6.29 Å². The van der Waals surface area contributed by atoms with E-state index in [-0.39, 0.29) is 16.9 Å². The van der Waals surface area contributed by atoms with Crippen molar-refractivity contribution in [2.24, 2.45) is 22.7 Å². The van der Waals surface area contributed by atoms with Crippen molar-refractivity contribution in [2.75, 3.05) is 0 Å². The molecule has 23 heavy (non-hydrogen) atoms. The first-order valence-electron chi connectivity index (χ1n) is 8.97. The van der Waals surface area contributed by atoms with Gasteiger partial charge in [0.05, 0.1) is 6.10 Å². The van der Waals surface area contributed by atoms with Crippen LogP contribution in [0.15, 0.2) is 23.8 Å². The molecule has 3 nitrogen and oxygen atoms in total. The molecule has 2 aliphatic carbocycles. The summed E-state index contributed by atoms with van der Waals surface area (Å²) in [5.41, 5.74) is 2.02. The van der Waals surface area contributed by atoms with Crippen LogP contribution >= 0.6 is 0 Å². The van der Waals surface area contributed by atoms with Crippen molar-refractivity contribution in [3.8, 4) is 0 Å². The molecule has 0 aromatic rings. The number of ether oxygens (including phenoxy) is 1. The lowest BCUT2D eigenvalue weighted by molar-refractivity contribution is -0.141. The maximum absolute atomic E-state index is 11.7. The third kappa shape index (κ3) is 2.62. The van der Waals surface area contributed by atoms with E-state index in [2.05, 4.69) is 27.4 Å². The molecule has 0 bridgehead atoms. The van der Waals surface area contributed by atoms with Crippen molar-refractivity contribution in [3.63, 3.8) is 0 Å². The normalized spacial score (nSPS) is 43.1. The van der Waals surface area contributed by atoms with Gasteiger partial charge in [-0.2, -0.15) is 0 Å². The Morgan fingerprint density at radius 2 is 2.04 bits per heavy atom. The molecule has 0 aromatic carbocycles. The molecule has 0 radical (unpaired) electrons. The van der Waals surface area contributed by atoms with Gasteiger partial charge in [-0.05, 0) is 53.9 Å². The molecule has 3 heteroatoms. The second kappa shape index (κ2) is 5.86. The van der Waals surface area contributed by atoms with Gasteiger partial charge >= 0.3 is 0 Å². The number of carbonyl (C=O) groups excluding carboxylic acids is 1. The largest absolute Gasteiger partial charge is 0.368 e. The Balaban J connectivity index is 2.08. The number of rotatable bonds is 2. The highest BCUT2D eigenvalue weighted by atomic mass is 16.6. The molecule has 1 saturated heterocycles. The van der Waals surface area contributed by atoms with Crippen molar-refractivity contribution in [1.29, 1.82) is 0 Å². The first kappa shape index (κ1) is 16.9. The Morgan fingerprint density at radius 1 is 1.30 bits per heavy atom. The number of carbonyl (C=O) groups is 1. The van der Waals surface area contributed by atoms with Gasteiger partial charge in [-0.15, -0.1) is 0 Å². The van der Waals surface area contributed by atoms with Gasteiger partial charge in [-0.3, -0.25) is 4.79 Å². The number of fused-ring (bicyclic) bond motifs is 3. The van der Waals surface area contributed by atoms with Gasteiger partial charge in [0.2, 0.25) is 0 Å². The Morgan fingerprint density at radius 3 is 2.70 bits per heavy atom. The Labute approximate surface area is 139 Å². The van der Waals surface area contributed by atoms with Crippen LogP contribution in [0.4, 0.5) is 0 Å². The zero-order valence-electron chi connectivity index (χ0n) is 14.7. The summed E-state index contributed by atoms with van der Waals surface area (Å²) in [7, 11) is 0. The maximum atomic E-state index is 11.7. The van der Waals surface area contributed by atoms with Gasteiger partial charge in [0.25, 0.3) is 0 Å². The molecule has 1 heterocycles. The number of aldehydes is 1. The van der Waals surface area contributed by atoms with E-state index in [0.717, 1.165) is 31.1 Å². The predicted octanol–water partition coefficient (Wildman–Crippen LogP) is 4.02. The molecule has 0 amide bonds. The summed E-state index contributed by atoms with van der Waals surface area (Å²) in [6, 6.07) is 0. The van der Waals surface area contributed by atoms with E-state index in [0.29, 0.717) is 23.8 Å². The molecule has 128 valence electrons. The zero-order valence-corrected chi connectivity index (χ0v) is 14.7. The van der Waals surface area contributed by atoms with Crippen LogP contribution in [0.1, 0.15) is 59.3 Å². The number of hydrogen-bond acceptors (Lipinski definition) is 3. The van der Waals surface area contributed by atoms with Gasteiger partial charge in [-0.1, -0.05) is 39.8 Å². The summed E-state index contributed by atoms with van der Waals surface area (Å²) in [5.74, 6) is 0.722. The maximum Gasteiger partial charge on any atom is 0.155 e. The topological polar surface area (TPSA) is 46.5 Å². The van der Waals surface area contributed by atoms with E-state index in [1.165, 1.54) is 12.8 Å².